The number of hydrogen-bond donors (Lipinski definition) is 1. The quantitative estimate of drug-likeness (QED) is 0.302. The Morgan fingerprint density at radius 2 is 1.72 bits per heavy atom. The Kier molecular flexibility index (Phi) is 7.79. The zero-order valence-corrected chi connectivity index (χ0v) is 18.3. The van der Waals surface area contributed by atoms with Crippen LogP contribution in [0.4, 0.5) is 4.39 Å². The fourth-order valence-corrected chi connectivity index (χ4v) is 4.97. The average molecular weight is 447 g/mol. The van der Waals surface area contributed by atoms with Gasteiger partial charge in [0.05, 0.1) is 11.5 Å². The lowest BCUT2D eigenvalue weighted by Crippen LogP contribution is -2.21. The Balaban J connectivity index is 1.43. The van der Waals surface area contributed by atoms with Crippen LogP contribution >= 0.6 is 34.9 Å². The maximum Gasteiger partial charge on any atom is 0.250 e. The number of halogens is 1. The van der Waals surface area contributed by atoms with Crippen LogP contribution in [0.1, 0.15) is 23.6 Å². The highest BCUT2D eigenvalue weighted by atomic mass is 32.2. The van der Waals surface area contributed by atoms with Gasteiger partial charge in [-0.25, -0.2) is 9.82 Å². The number of nitrogens with zero attached hydrogens (tertiary/aromatic N) is 3. The second-order valence-corrected chi connectivity index (χ2v) is 9.56. The molecule has 1 aromatic heterocycles. The SMILES string of the molecule is CC(=NNC(=O)CSc1nnc(SCc2ccc(C)cc2)s1)c1ccc(F)cc1. The molecular weight excluding hydrogens is 427 g/mol. The van der Waals surface area contributed by atoms with Crippen LogP contribution in [0.2, 0.25) is 0 Å². The Labute approximate surface area is 181 Å². The molecule has 0 saturated carbocycles. The number of benzene rings is 2. The fourth-order valence-electron chi connectivity index (χ4n) is 2.20. The van der Waals surface area contributed by atoms with E-state index in [2.05, 4.69) is 51.9 Å². The normalized spacial score (nSPS) is 11.5. The minimum Gasteiger partial charge on any atom is -0.272 e. The minimum atomic E-state index is -0.310. The predicted molar refractivity (Wildman–Crippen MR) is 118 cm³/mol. The molecule has 29 heavy (non-hydrogen) atoms. The second-order valence-electron chi connectivity index (χ2n) is 6.14. The summed E-state index contributed by atoms with van der Waals surface area (Å²) in [7, 11) is 0. The maximum absolute atomic E-state index is 13.0. The maximum atomic E-state index is 13.0. The number of aromatic nitrogens is 2. The van der Waals surface area contributed by atoms with E-state index in [4.69, 9.17) is 0 Å². The molecule has 1 N–H and O–H groups in total. The molecule has 1 amide bonds. The lowest BCUT2D eigenvalue weighted by Gasteiger charge is -2.02. The van der Waals surface area contributed by atoms with Crippen molar-refractivity contribution >= 4 is 46.5 Å². The molecular formula is C20H19FN4OS3. The number of thioether (sulfide) groups is 2. The van der Waals surface area contributed by atoms with Crippen molar-refractivity contribution in [2.24, 2.45) is 5.10 Å². The summed E-state index contributed by atoms with van der Waals surface area (Å²) < 4.78 is 14.6. The van der Waals surface area contributed by atoms with Gasteiger partial charge in [-0.1, -0.05) is 76.8 Å². The molecule has 3 rings (SSSR count). The molecule has 0 atom stereocenters. The van der Waals surface area contributed by atoms with E-state index in [-0.39, 0.29) is 17.5 Å². The Morgan fingerprint density at radius 1 is 1.07 bits per heavy atom. The van der Waals surface area contributed by atoms with Crippen LogP contribution in [-0.2, 0) is 10.5 Å². The van der Waals surface area contributed by atoms with Crippen LogP contribution in [0.3, 0.4) is 0 Å². The lowest BCUT2D eigenvalue weighted by molar-refractivity contribution is -0.118. The smallest absolute Gasteiger partial charge is 0.250 e. The van der Waals surface area contributed by atoms with E-state index >= 15 is 0 Å². The van der Waals surface area contributed by atoms with Gasteiger partial charge in [-0.3, -0.25) is 4.79 Å². The molecule has 5 nitrogen and oxygen atoms in total. The molecule has 1 heterocycles. The standard InChI is InChI=1S/C20H19FN4OS3/c1-13-3-5-15(6-4-13)11-27-19-24-25-20(29-19)28-12-18(26)23-22-14(2)16-7-9-17(21)10-8-16/h3-10H,11-12H2,1-2H3,(H,23,26). The average Bonchev–Trinajstić information content (AvgIpc) is 3.18. The first-order valence-electron chi connectivity index (χ1n) is 8.73. The minimum absolute atomic E-state index is 0.192. The zero-order chi connectivity index (χ0) is 20.6. The van der Waals surface area contributed by atoms with Gasteiger partial charge in [0.15, 0.2) is 8.68 Å². The first-order chi connectivity index (χ1) is 14.0. The third kappa shape index (κ3) is 6.95. The van der Waals surface area contributed by atoms with Gasteiger partial charge in [-0.2, -0.15) is 5.10 Å². The van der Waals surface area contributed by atoms with Crippen LogP contribution in [0.15, 0.2) is 62.3 Å². The molecule has 0 aliphatic rings. The topological polar surface area (TPSA) is 67.2 Å². The summed E-state index contributed by atoms with van der Waals surface area (Å²) in [6, 6.07) is 14.4. The van der Waals surface area contributed by atoms with Crippen LogP contribution in [0.5, 0.6) is 0 Å². The van der Waals surface area contributed by atoms with Gasteiger partial charge < -0.3 is 0 Å². The number of aryl methyl sites for hydroxylation is 1. The third-order valence-electron chi connectivity index (χ3n) is 3.81. The first-order valence-corrected chi connectivity index (χ1v) is 11.5. The number of carbonyl (C=O) groups is 1. The van der Waals surface area contributed by atoms with E-state index in [1.54, 1.807) is 30.8 Å². The van der Waals surface area contributed by atoms with E-state index in [1.807, 2.05) is 0 Å². The van der Waals surface area contributed by atoms with Gasteiger partial charge >= 0.3 is 0 Å². The summed E-state index contributed by atoms with van der Waals surface area (Å²) >= 11 is 4.43. The van der Waals surface area contributed by atoms with Crippen LogP contribution < -0.4 is 5.43 Å². The molecule has 150 valence electrons. The fraction of sp³-hybridized carbons (Fsp3) is 0.200. The molecule has 3 aromatic rings. The van der Waals surface area contributed by atoms with E-state index in [0.29, 0.717) is 5.71 Å². The van der Waals surface area contributed by atoms with Gasteiger partial charge in [0.25, 0.3) is 5.91 Å². The summed E-state index contributed by atoms with van der Waals surface area (Å²) in [5.74, 6) is 0.477. The lowest BCUT2D eigenvalue weighted by atomic mass is 10.1. The molecule has 0 radical (unpaired) electrons. The summed E-state index contributed by atoms with van der Waals surface area (Å²) in [5, 5.41) is 12.3. The van der Waals surface area contributed by atoms with Gasteiger partial charge in [-0.15, -0.1) is 10.2 Å². The van der Waals surface area contributed by atoms with E-state index in [9.17, 15) is 9.18 Å². The summed E-state index contributed by atoms with van der Waals surface area (Å²) in [6.07, 6.45) is 0. The van der Waals surface area contributed by atoms with Crippen LogP contribution in [-0.4, -0.2) is 27.6 Å². The second kappa shape index (κ2) is 10.5. The highest BCUT2D eigenvalue weighted by Gasteiger charge is 2.09. The molecule has 0 aliphatic carbocycles. The Morgan fingerprint density at radius 3 is 2.41 bits per heavy atom. The van der Waals surface area contributed by atoms with Crippen molar-refractivity contribution < 1.29 is 9.18 Å². The van der Waals surface area contributed by atoms with Gasteiger partial charge in [0.1, 0.15) is 5.82 Å². The molecule has 9 heteroatoms. The summed E-state index contributed by atoms with van der Waals surface area (Å²) in [6.45, 7) is 3.82. The molecule has 0 bridgehead atoms. The summed E-state index contributed by atoms with van der Waals surface area (Å²) in [5.41, 5.74) is 6.34. The third-order valence-corrected chi connectivity index (χ3v) is 7.07. The molecule has 0 fully saturated rings. The predicted octanol–water partition coefficient (Wildman–Crippen LogP) is 4.91. The zero-order valence-electron chi connectivity index (χ0n) is 15.9. The number of carbonyl (C=O) groups excluding carboxylic acids is 1. The first kappa shape index (κ1) is 21.5. The molecule has 0 aliphatic heterocycles. The Bertz CT molecular complexity index is 988. The molecule has 0 spiro atoms. The number of nitrogens with one attached hydrogen (secondary N) is 1. The van der Waals surface area contributed by atoms with Crippen LogP contribution in [0, 0.1) is 12.7 Å². The number of amides is 1. The highest BCUT2D eigenvalue weighted by Crippen LogP contribution is 2.30. The number of hydrazone groups is 1. The van der Waals surface area contributed by atoms with Gasteiger partial charge in [0.2, 0.25) is 0 Å². The van der Waals surface area contributed by atoms with Crippen molar-refractivity contribution in [1.82, 2.24) is 15.6 Å². The van der Waals surface area contributed by atoms with E-state index < -0.39 is 0 Å². The van der Waals surface area contributed by atoms with Crippen molar-refractivity contribution in [3.05, 3.63) is 71.0 Å². The van der Waals surface area contributed by atoms with E-state index in [1.165, 1.54) is 46.4 Å². The molecule has 0 saturated heterocycles. The van der Waals surface area contributed by atoms with Crippen LogP contribution in [0.25, 0.3) is 0 Å². The van der Waals surface area contributed by atoms with Crippen molar-refractivity contribution in [1.29, 1.82) is 0 Å². The van der Waals surface area contributed by atoms with Crippen molar-refractivity contribution in [3.8, 4) is 0 Å². The van der Waals surface area contributed by atoms with E-state index in [0.717, 1.165) is 20.0 Å². The number of rotatable bonds is 8. The monoisotopic (exact) mass is 446 g/mol. The molecule has 2 aromatic carbocycles. The molecule has 0 unspecified atom stereocenters. The van der Waals surface area contributed by atoms with Gasteiger partial charge in [0, 0.05) is 5.75 Å². The number of hydrogen-bond acceptors (Lipinski definition) is 7. The largest absolute Gasteiger partial charge is 0.272 e. The summed E-state index contributed by atoms with van der Waals surface area (Å²) in [4.78, 5) is 12.0. The Hall–Kier alpha value is -2.23. The van der Waals surface area contributed by atoms with Gasteiger partial charge in [-0.05, 0) is 37.1 Å². The van der Waals surface area contributed by atoms with Crippen molar-refractivity contribution in [2.75, 3.05) is 5.75 Å². The van der Waals surface area contributed by atoms with Crippen molar-refractivity contribution in [2.45, 2.75) is 28.3 Å². The van der Waals surface area contributed by atoms with Crippen molar-refractivity contribution in [3.63, 3.8) is 0 Å². The highest BCUT2D eigenvalue weighted by molar-refractivity contribution is 8.03.